The molecule has 2 rings (SSSR count). The second kappa shape index (κ2) is 5.18. The summed E-state index contributed by atoms with van der Waals surface area (Å²) < 4.78 is 0. The number of thiazole rings is 1. The number of pyridine rings is 1. The van der Waals surface area contributed by atoms with Gasteiger partial charge in [-0.15, -0.1) is 11.3 Å². The molecule has 3 nitrogen and oxygen atoms in total. The topological polar surface area (TPSA) is 37.8 Å². The van der Waals surface area contributed by atoms with Gasteiger partial charge in [0.25, 0.3) is 0 Å². The molecule has 0 unspecified atom stereocenters. The SMILES string of the molecule is Cc1cncc(CNCc2csc(C)n2)c1. The van der Waals surface area contributed by atoms with Gasteiger partial charge in [0, 0.05) is 30.9 Å². The minimum Gasteiger partial charge on any atom is -0.307 e. The summed E-state index contributed by atoms with van der Waals surface area (Å²) in [6, 6.07) is 2.15. The maximum Gasteiger partial charge on any atom is 0.0897 e. The molecule has 0 spiro atoms. The molecule has 2 aromatic rings. The van der Waals surface area contributed by atoms with Crippen LogP contribution in [0, 0.1) is 13.8 Å². The van der Waals surface area contributed by atoms with Crippen LogP contribution in [0.25, 0.3) is 0 Å². The van der Waals surface area contributed by atoms with E-state index in [9.17, 15) is 0 Å². The van der Waals surface area contributed by atoms with E-state index in [0.717, 1.165) is 23.8 Å². The molecule has 16 heavy (non-hydrogen) atoms. The number of hydrogen-bond donors (Lipinski definition) is 1. The van der Waals surface area contributed by atoms with Gasteiger partial charge in [-0.3, -0.25) is 4.98 Å². The van der Waals surface area contributed by atoms with Crippen LogP contribution in [0.1, 0.15) is 21.8 Å². The summed E-state index contributed by atoms with van der Waals surface area (Å²) in [7, 11) is 0. The fraction of sp³-hybridized carbons (Fsp3) is 0.333. The van der Waals surface area contributed by atoms with Gasteiger partial charge in [-0.05, 0) is 25.0 Å². The predicted molar refractivity (Wildman–Crippen MR) is 66.4 cm³/mol. The molecule has 0 aliphatic carbocycles. The largest absolute Gasteiger partial charge is 0.307 e. The molecule has 84 valence electrons. The summed E-state index contributed by atoms with van der Waals surface area (Å²) in [5.41, 5.74) is 3.53. The lowest BCUT2D eigenvalue weighted by atomic mass is 10.2. The second-order valence-electron chi connectivity index (χ2n) is 3.83. The predicted octanol–water partition coefficient (Wildman–Crippen LogP) is 2.44. The van der Waals surface area contributed by atoms with E-state index in [1.54, 1.807) is 11.3 Å². The lowest BCUT2D eigenvalue weighted by Gasteiger charge is -2.03. The molecule has 1 N–H and O–H groups in total. The van der Waals surface area contributed by atoms with Crippen LogP contribution in [-0.4, -0.2) is 9.97 Å². The van der Waals surface area contributed by atoms with E-state index in [0.29, 0.717) is 0 Å². The lowest BCUT2D eigenvalue weighted by Crippen LogP contribution is -2.13. The van der Waals surface area contributed by atoms with E-state index in [1.165, 1.54) is 11.1 Å². The third kappa shape index (κ3) is 3.12. The number of aromatic nitrogens is 2. The van der Waals surface area contributed by atoms with Crippen molar-refractivity contribution in [2.75, 3.05) is 0 Å². The minimum atomic E-state index is 0.818. The van der Waals surface area contributed by atoms with Gasteiger partial charge in [0.05, 0.1) is 10.7 Å². The van der Waals surface area contributed by atoms with Crippen LogP contribution in [0.15, 0.2) is 23.8 Å². The highest BCUT2D eigenvalue weighted by Gasteiger charge is 1.98. The summed E-state index contributed by atoms with van der Waals surface area (Å²) in [5.74, 6) is 0. The van der Waals surface area contributed by atoms with Gasteiger partial charge in [0.1, 0.15) is 0 Å². The van der Waals surface area contributed by atoms with Crippen LogP contribution in [0.4, 0.5) is 0 Å². The molecule has 0 saturated heterocycles. The van der Waals surface area contributed by atoms with Gasteiger partial charge in [-0.1, -0.05) is 6.07 Å². The molecule has 2 aromatic heterocycles. The number of rotatable bonds is 4. The molecular weight excluding hydrogens is 218 g/mol. The van der Waals surface area contributed by atoms with Crippen molar-refractivity contribution in [3.05, 3.63) is 45.7 Å². The van der Waals surface area contributed by atoms with Gasteiger partial charge in [-0.2, -0.15) is 0 Å². The van der Waals surface area contributed by atoms with Crippen molar-refractivity contribution in [2.24, 2.45) is 0 Å². The summed E-state index contributed by atoms with van der Waals surface area (Å²) in [5, 5.41) is 6.58. The third-order valence-corrected chi connectivity index (χ3v) is 3.06. The van der Waals surface area contributed by atoms with Gasteiger partial charge in [-0.25, -0.2) is 4.98 Å². The van der Waals surface area contributed by atoms with Crippen molar-refractivity contribution in [2.45, 2.75) is 26.9 Å². The van der Waals surface area contributed by atoms with Crippen molar-refractivity contribution >= 4 is 11.3 Å². The Morgan fingerprint density at radius 3 is 2.81 bits per heavy atom. The maximum atomic E-state index is 4.40. The molecule has 0 aliphatic rings. The Hall–Kier alpha value is -1.26. The second-order valence-corrected chi connectivity index (χ2v) is 4.89. The van der Waals surface area contributed by atoms with E-state index in [2.05, 4.69) is 33.7 Å². The Labute approximate surface area is 99.6 Å². The van der Waals surface area contributed by atoms with Gasteiger partial charge in [0.15, 0.2) is 0 Å². The molecule has 0 fully saturated rings. The Bertz CT molecular complexity index is 465. The molecule has 0 saturated carbocycles. The lowest BCUT2D eigenvalue weighted by molar-refractivity contribution is 0.679. The Kier molecular flexibility index (Phi) is 3.64. The average Bonchev–Trinajstić information content (AvgIpc) is 2.64. The Morgan fingerprint density at radius 2 is 2.12 bits per heavy atom. The zero-order valence-corrected chi connectivity index (χ0v) is 10.3. The van der Waals surface area contributed by atoms with Crippen molar-refractivity contribution in [3.63, 3.8) is 0 Å². The van der Waals surface area contributed by atoms with Crippen molar-refractivity contribution in [3.8, 4) is 0 Å². The number of hydrogen-bond acceptors (Lipinski definition) is 4. The smallest absolute Gasteiger partial charge is 0.0897 e. The molecule has 0 amide bonds. The number of nitrogens with zero attached hydrogens (tertiary/aromatic N) is 2. The highest BCUT2D eigenvalue weighted by molar-refractivity contribution is 7.09. The molecule has 0 aromatic carbocycles. The first-order chi connectivity index (χ1) is 7.74. The van der Waals surface area contributed by atoms with E-state index in [-0.39, 0.29) is 0 Å². The summed E-state index contributed by atoms with van der Waals surface area (Å²) in [6.07, 6.45) is 3.76. The van der Waals surface area contributed by atoms with Gasteiger partial charge >= 0.3 is 0 Å². The zero-order chi connectivity index (χ0) is 11.4. The summed E-state index contributed by atoms with van der Waals surface area (Å²) in [6.45, 7) is 5.74. The molecule has 2 heterocycles. The molecule has 0 radical (unpaired) electrons. The number of aryl methyl sites for hydroxylation is 2. The first kappa shape index (κ1) is 11.2. The monoisotopic (exact) mass is 233 g/mol. The summed E-state index contributed by atoms with van der Waals surface area (Å²) >= 11 is 1.69. The fourth-order valence-corrected chi connectivity index (χ4v) is 2.15. The quantitative estimate of drug-likeness (QED) is 0.881. The minimum absolute atomic E-state index is 0.818. The van der Waals surface area contributed by atoms with Gasteiger partial charge in [0.2, 0.25) is 0 Å². The Balaban J connectivity index is 1.84. The molecular formula is C12H15N3S. The van der Waals surface area contributed by atoms with Crippen LogP contribution in [-0.2, 0) is 13.1 Å². The van der Waals surface area contributed by atoms with Gasteiger partial charge < -0.3 is 5.32 Å². The molecule has 0 atom stereocenters. The van der Waals surface area contributed by atoms with E-state index in [1.807, 2.05) is 19.3 Å². The van der Waals surface area contributed by atoms with Crippen molar-refractivity contribution < 1.29 is 0 Å². The molecule has 4 heteroatoms. The first-order valence-electron chi connectivity index (χ1n) is 5.26. The third-order valence-electron chi connectivity index (χ3n) is 2.23. The van der Waals surface area contributed by atoms with E-state index in [4.69, 9.17) is 0 Å². The van der Waals surface area contributed by atoms with Crippen LogP contribution in [0.2, 0.25) is 0 Å². The van der Waals surface area contributed by atoms with Crippen LogP contribution in [0.3, 0.4) is 0 Å². The molecule has 0 bridgehead atoms. The van der Waals surface area contributed by atoms with Crippen LogP contribution in [0.5, 0.6) is 0 Å². The normalized spacial score (nSPS) is 10.6. The Morgan fingerprint density at radius 1 is 1.25 bits per heavy atom. The van der Waals surface area contributed by atoms with E-state index < -0.39 is 0 Å². The highest BCUT2D eigenvalue weighted by atomic mass is 32.1. The standard InChI is InChI=1S/C12H15N3S/c1-9-3-11(5-13-4-9)6-14-7-12-8-16-10(2)15-12/h3-5,8,14H,6-7H2,1-2H3. The van der Waals surface area contributed by atoms with Crippen LogP contribution < -0.4 is 5.32 Å². The average molecular weight is 233 g/mol. The zero-order valence-electron chi connectivity index (χ0n) is 9.53. The van der Waals surface area contributed by atoms with Crippen molar-refractivity contribution in [1.29, 1.82) is 0 Å². The van der Waals surface area contributed by atoms with Crippen molar-refractivity contribution in [1.82, 2.24) is 15.3 Å². The summed E-state index contributed by atoms with van der Waals surface area (Å²) in [4.78, 5) is 8.56. The highest BCUT2D eigenvalue weighted by Crippen LogP contribution is 2.07. The fourth-order valence-electron chi connectivity index (χ4n) is 1.54. The van der Waals surface area contributed by atoms with Crippen LogP contribution >= 0.6 is 11.3 Å². The van der Waals surface area contributed by atoms with E-state index >= 15 is 0 Å². The maximum absolute atomic E-state index is 4.40. The molecule has 0 aliphatic heterocycles. The first-order valence-corrected chi connectivity index (χ1v) is 6.14. The number of nitrogens with one attached hydrogen (secondary N) is 1.